The Labute approximate surface area is 205 Å². The molecule has 184 valence electrons. The minimum absolute atomic E-state index is 0.147. The van der Waals surface area contributed by atoms with Crippen LogP contribution in [-0.2, 0) is 10.2 Å². The number of nitrogens with zero attached hydrogens (tertiary/aromatic N) is 2. The molecule has 2 aromatic carbocycles. The average Bonchev–Trinajstić information content (AvgIpc) is 3.22. The molecule has 1 N–H and O–H groups in total. The number of fused-ring (bicyclic) bond motifs is 2. The Balaban J connectivity index is 1.08. The number of β-amino-alcohol motifs (C(OH)–C–C–N with tert-alkyl or cyclic N) is 1. The summed E-state index contributed by atoms with van der Waals surface area (Å²) in [7, 11) is 0. The van der Waals surface area contributed by atoms with Crippen molar-refractivity contribution in [3.8, 4) is 0 Å². The summed E-state index contributed by atoms with van der Waals surface area (Å²) in [5.74, 6) is -1.34. The van der Waals surface area contributed by atoms with Gasteiger partial charge in [-0.3, -0.25) is 4.79 Å². The fraction of sp³-hybridized carbons (Fsp3) is 0.414. The lowest BCUT2D eigenvalue weighted by Gasteiger charge is -2.41. The first-order valence-electron chi connectivity index (χ1n) is 12.5. The number of rotatable bonds is 5. The average molecular weight is 479 g/mol. The van der Waals surface area contributed by atoms with Gasteiger partial charge in [-0.05, 0) is 79.6 Å². The van der Waals surface area contributed by atoms with E-state index in [4.69, 9.17) is 0 Å². The molecule has 35 heavy (non-hydrogen) atoms. The van der Waals surface area contributed by atoms with Gasteiger partial charge in [-0.1, -0.05) is 36.4 Å². The fourth-order valence-corrected chi connectivity index (χ4v) is 5.87. The molecule has 0 bridgehead atoms. The van der Waals surface area contributed by atoms with Crippen LogP contribution in [0.2, 0.25) is 0 Å². The van der Waals surface area contributed by atoms with Crippen LogP contribution in [0.25, 0.3) is 12.2 Å². The number of carbonyl (C=O) groups is 1. The second kappa shape index (κ2) is 10.0. The van der Waals surface area contributed by atoms with Crippen LogP contribution in [-0.4, -0.2) is 59.6 Å². The van der Waals surface area contributed by atoms with Gasteiger partial charge in [0.25, 0.3) is 0 Å². The number of halogens is 2. The molecule has 4 nitrogen and oxygen atoms in total. The van der Waals surface area contributed by atoms with Crippen molar-refractivity contribution >= 4 is 18.1 Å². The zero-order chi connectivity index (χ0) is 24.4. The third kappa shape index (κ3) is 5.24. The van der Waals surface area contributed by atoms with Crippen LogP contribution in [0.1, 0.15) is 42.4 Å². The van der Waals surface area contributed by atoms with E-state index in [9.17, 15) is 18.7 Å². The predicted molar refractivity (Wildman–Crippen MR) is 134 cm³/mol. The summed E-state index contributed by atoms with van der Waals surface area (Å²) in [5, 5.41) is 10.9. The van der Waals surface area contributed by atoms with E-state index >= 15 is 0 Å². The number of amides is 1. The quantitative estimate of drug-likeness (QED) is 0.637. The molecule has 2 fully saturated rings. The largest absolute Gasteiger partial charge is 0.392 e. The number of hydrogen-bond acceptors (Lipinski definition) is 3. The van der Waals surface area contributed by atoms with Gasteiger partial charge in [-0.2, -0.15) is 0 Å². The Morgan fingerprint density at radius 1 is 1.06 bits per heavy atom. The zero-order valence-corrected chi connectivity index (χ0v) is 19.9. The van der Waals surface area contributed by atoms with Gasteiger partial charge in [0, 0.05) is 37.2 Å². The lowest BCUT2D eigenvalue weighted by atomic mass is 9.74. The highest BCUT2D eigenvalue weighted by molar-refractivity contribution is 5.91. The van der Waals surface area contributed by atoms with Crippen molar-refractivity contribution in [2.45, 2.75) is 37.2 Å². The number of carbonyl (C=O) groups excluding carboxylic acids is 1. The molecule has 6 heteroatoms. The first-order valence-corrected chi connectivity index (χ1v) is 12.5. The molecule has 3 aliphatic rings. The zero-order valence-electron chi connectivity index (χ0n) is 19.9. The molecule has 2 saturated heterocycles. The molecule has 2 aliphatic heterocycles. The molecular formula is C29H32F2N2O2. The van der Waals surface area contributed by atoms with Crippen LogP contribution in [0.4, 0.5) is 8.78 Å². The predicted octanol–water partition coefficient (Wildman–Crippen LogP) is 4.64. The van der Waals surface area contributed by atoms with Crippen molar-refractivity contribution in [3.05, 3.63) is 82.9 Å². The third-order valence-corrected chi connectivity index (χ3v) is 7.97. The van der Waals surface area contributed by atoms with Gasteiger partial charge in [0.15, 0.2) is 0 Å². The Bertz CT molecular complexity index is 1110. The van der Waals surface area contributed by atoms with E-state index in [2.05, 4.69) is 41.3 Å². The number of piperidine rings is 2. The first-order chi connectivity index (χ1) is 16.9. The molecule has 2 aromatic rings. The number of allylic oxidation sites excluding steroid dienone is 1. The summed E-state index contributed by atoms with van der Waals surface area (Å²) in [4.78, 5) is 16.6. The molecule has 2 heterocycles. The van der Waals surface area contributed by atoms with Crippen molar-refractivity contribution in [1.82, 2.24) is 9.80 Å². The number of aliphatic hydroxyl groups is 1. The topological polar surface area (TPSA) is 43.8 Å². The minimum atomic E-state index is -0.666. The summed E-state index contributed by atoms with van der Waals surface area (Å²) in [5.41, 5.74) is 3.24. The van der Waals surface area contributed by atoms with Crippen molar-refractivity contribution in [2.75, 3.05) is 32.7 Å². The molecule has 1 spiro atoms. The molecule has 1 amide bonds. The van der Waals surface area contributed by atoms with Crippen molar-refractivity contribution < 1.29 is 18.7 Å². The highest BCUT2D eigenvalue weighted by atomic mass is 19.1. The summed E-state index contributed by atoms with van der Waals surface area (Å²) < 4.78 is 26.7. The monoisotopic (exact) mass is 478 g/mol. The molecular weight excluding hydrogens is 446 g/mol. The fourth-order valence-electron chi connectivity index (χ4n) is 5.87. The van der Waals surface area contributed by atoms with Crippen molar-refractivity contribution in [2.24, 2.45) is 5.92 Å². The first kappa shape index (κ1) is 23.9. The number of benzene rings is 2. The minimum Gasteiger partial charge on any atom is -0.392 e. The van der Waals surface area contributed by atoms with Crippen molar-refractivity contribution in [3.63, 3.8) is 0 Å². The Morgan fingerprint density at radius 3 is 2.46 bits per heavy atom. The molecule has 1 aliphatic carbocycles. The molecule has 0 aromatic heterocycles. The van der Waals surface area contributed by atoms with Crippen LogP contribution in [0, 0.1) is 17.6 Å². The Hall–Kier alpha value is -2.83. The highest BCUT2D eigenvalue weighted by Gasteiger charge is 2.38. The number of hydrogen-bond donors (Lipinski definition) is 1. The van der Waals surface area contributed by atoms with Gasteiger partial charge in [-0.15, -0.1) is 0 Å². The van der Waals surface area contributed by atoms with Crippen LogP contribution >= 0.6 is 0 Å². The normalized spacial score (nSPS) is 21.1. The van der Waals surface area contributed by atoms with Gasteiger partial charge >= 0.3 is 0 Å². The van der Waals surface area contributed by atoms with E-state index < -0.39 is 17.7 Å². The molecule has 5 rings (SSSR count). The number of aliphatic hydroxyl groups excluding tert-OH is 1. The van der Waals surface area contributed by atoms with Gasteiger partial charge in [0.1, 0.15) is 11.6 Å². The molecule has 0 saturated carbocycles. The maximum absolute atomic E-state index is 13.3. The lowest BCUT2D eigenvalue weighted by Crippen LogP contribution is -2.47. The van der Waals surface area contributed by atoms with Crippen molar-refractivity contribution in [1.29, 1.82) is 0 Å². The van der Waals surface area contributed by atoms with E-state index in [0.29, 0.717) is 25.2 Å². The second-order valence-corrected chi connectivity index (χ2v) is 10.1. The van der Waals surface area contributed by atoms with Gasteiger partial charge in [-0.25, -0.2) is 8.78 Å². The summed E-state index contributed by atoms with van der Waals surface area (Å²) in [6.45, 7) is 3.77. The molecule has 0 unspecified atom stereocenters. The van der Waals surface area contributed by atoms with E-state index in [1.807, 2.05) is 0 Å². The maximum atomic E-state index is 13.3. The van der Waals surface area contributed by atoms with Crippen LogP contribution < -0.4 is 0 Å². The summed E-state index contributed by atoms with van der Waals surface area (Å²) in [6, 6.07) is 11.8. The second-order valence-electron chi connectivity index (χ2n) is 10.1. The van der Waals surface area contributed by atoms with Gasteiger partial charge in [0.2, 0.25) is 5.91 Å². The van der Waals surface area contributed by atoms with E-state index in [0.717, 1.165) is 44.8 Å². The summed E-state index contributed by atoms with van der Waals surface area (Å²) >= 11 is 0. The smallest absolute Gasteiger partial charge is 0.246 e. The van der Waals surface area contributed by atoms with Crippen LogP contribution in [0.15, 0.2) is 54.6 Å². The lowest BCUT2D eigenvalue weighted by molar-refractivity contribution is -0.128. The van der Waals surface area contributed by atoms with Crippen LogP contribution in [0.5, 0.6) is 0 Å². The van der Waals surface area contributed by atoms with Crippen LogP contribution in [0.3, 0.4) is 0 Å². The Kier molecular flexibility index (Phi) is 6.85. The molecule has 1 atom stereocenters. The standard InChI is InChI=1S/C29H32F2N2O2/c30-24-17-21(18-25(31)19-24)5-6-28(35)33-13-8-23(9-14-33)27(34)20-32-15-11-29(12-16-32)10-7-22-3-1-2-4-26(22)29/h1-7,10,17-19,23,27,34H,8-9,11-16,20H2/t27-/m0/s1. The van der Waals surface area contributed by atoms with E-state index in [1.165, 1.54) is 35.4 Å². The SMILES string of the molecule is O=C(C=Cc1cc(F)cc(F)c1)N1CCC([C@@H](O)CN2CCC3(C=Cc4ccccc43)CC2)CC1. The van der Waals surface area contributed by atoms with Gasteiger partial charge < -0.3 is 14.9 Å². The third-order valence-electron chi connectivity index (χ3n) is 7.97. The van der Waals surface area contributed by atoms with E-state index in [-0.39, 0.29) is 17.2 Å². The highest BCUT2D eigenvalue weighted by Crippen LogP contribution is 2.43. The number of likely N-dealkylation sites (tertiary alicyclic amines) is 2. The maximum Gasteiger partial charge on any atom is 0.246 e. The van der Waals surface area contributed by atoms with E-state index in [1.54, 1.807) is 4.90 Å². The molecule has 0 radical (unpaired) electrons. The Morgan fingerprint density at radius 2 is 1.74 bits per heavy atom. The van der Waals surface area contributed by atoms with Gasteiger partial charge in [0.05, 0.1) is 6.10 Å². The summed E-state index contributed by atoms with van der Waals surface area (Å²) in [6.07, 6.45) is 10.7.